The van der Waals surface area contributed by atoms with Crippen molar-refractivity contribution in [3.63, 3.8) is 0 Å². The Labute approximate surface area is 234 Å². The Kier molecular flexibility index (Phi) is 5.36. The van der Waals surface area contributed by atoms with E-state index in [0.717, 1.165) is 24.0 Å². The van der Waals surface area contributed by atoms with Gasteiger partial charge in [0.2, 0.25) is 5.91 Å². The van der Waals surface area contributed by atoms with E-state index < -0.39 is 17.4 Å². The minimum absolute atomic E-state index is 0.00897. The van der Waals surface area contributed by atoms with Gasteiger partial charge in [0.1, 0.15) is 12.4 Å². The zero-order chi connectivity index (χ0) is 28.3. The van der Waals surface area contributed by atoms with Crippen molar-refractivity contribution in [3.05, 3.63) is 61.1 Å². The van der Waals surface area contributed by atoms with Gasteiger partial charge in [0.15, 0.2) is 5.60 Å². The molecule has 7 rings (SSSR count). The summed E-state index contributed by atoms with van der Waals surface area (Å²) in [4.78, 5) is 44.6. The zero-order valence-electron chi connectivity index (χ0n) is 22.5. The highest BCUT2D eigenvalue weighted by Gasteiger charge is 2.53. The Balaban J connectivity index is 1.46. The lowest BCUT2D eigenvalue weighted by Gasteiger charge is -2.31. The van der Waals surface area contributed by atoms with Gasteiger partial charge in [-0.25, -0.2) is 14.2 Å². The number of carbonyl (C=O) groups excluding carboxylic acids is 2. The number of hydrogen-bond acceptors (Lipinski definition) is 6. The van der Waals surface area contributed by atoms with E-state index in [9.17, 15) is 23.9 Å². The summed E-state index contributed by atoms with van der Waals surface area (Å²) in [6, 6.07) is 2.57. The number of pyridine rings is 2. The number of ether oxygens (including phenoxy) is 1. The van der Waals surface area contributed by atoms with Crippen molar-refractivity contribution in [3.8, 4) is 11.4 Å². The molecule has 4 aliphatic rings. The molecule has 208 valence electrons. The summed E-state index contributed by atoms with van der Waals surface area (Å²) >= 11 is 6.45. The van der Waals surface area contributed by atoms with Crippen molar-refractivity contribution in [1.29, 1.82) is 0 Å². The summed E-state index contributed by atoms with van der Waals surface area (Å²) in [5.74, 6) is -1.16. The normalized spacial score (nSPS) is 23.5. The highest BCUT2D eigenvalue weighted by atomic mass is 35.5. The molecule has 1 amide bonds. The molecule has 2 atom stereocenters. The van der Waals surface area contributed by atoms with E-state index in [1.807, 2.05) is 0 Å². The summed E-state index contributed by atoms with van der Waals surface area (Å²) in [6.45, 7) is 5.73. The van der Waals surface area contributed by atoms with Gasteiger partial charge in [0, 0.05) is 22.6 Å². The molecule has 3 aromatic rings. The first-order valence-electron chi connectivity index (χ1n) is 13.8. The number of nitrogens with zero attached hydrogens (tertiary/aromatic N) is 2. The average Bonchev–Trinajstić information content (AvgIpc) is 3.67. The third-order valence-corrected chi connectivity index (χ3v) is 10.1. The van der Waals surface area contributed by atoms with Gasteiger partial charge in [-0.1, -0.05) is 32.4 Å². The van der Waals surface area contributed by atoms with Crippen molar-refractivity contribution in [1.82, 2.24) is 14.9 Å². The molecule has 0 bridgehead atoms. The van der Waals surface area contributed by atoms with Crippen LogP contribution in [0.25, 0.3) is 22.3 Å². The van der Waals surface area contributed by atoms with Crippen LogP contribution in [0.2, 0.25) is 5.02 Å². The van der Waals surface area contributed by atoms with E-state index in [2.05, 4.69) is 19.2 Å². The molecular formula is C30H29ClFN3O5. The number of aryl methyl sites for hydroxylation is 1. The molecule has 2 aliphatic carbocycles. The van der Waals surface area contributed by atoms with Gasteiger partial charge in [0.25, 0.3) is 5.56 Å². The van der Waals surface area contributed by atoms with Crippen LogP contribution in [-0.4, -0.2) is 26.5 Å². The molecule has 0 radical (unpaired) electrons. The Hall–Kier alpha value is -3.30. The van der Waals surface area contributed by atoms with Gasteiger partial charge < -0.3 is 19.7 Å². The molecule has 8 nitrogen and oxygen atoms in total. The molecule has 0 saturated heterocycles. The zero-order valence-corrected chi connectivity index (χ0v) is 23.2. The third kappa shape index (κ3) is 3.22. The number of benzene rings is 1. The third-order valence-electron chi connectivity index (χ3n) is 9.69. The van der Waals surface area contributed by atoms with Crippen LogP contribution in [0.5, 0.6) is 0 Å². The predicted octanol–water partition coefficient (Wildman–Crippen LogP) is 4.41. The van der Waals surface area contributed by atoms with Gasteiger partial charge in [-0.15, -0.1) is 0 Å². The van der Waals surface area contributed by atoms with E-state index in [4.69, 9.17) is 21.3 Å². The van der Waals surface area contributed by atoms with Crippen LogP contribution in [0, 0.1) is 17.2 Å². The molecule has 2 aliphatic heterocycles. The van der Waals surface area contributed by atoms with Gasteiger partial charge in [0.05, 0.1) is 45.5 Å². The van der Waals surface area contributed by atoms with E-state index in [0.29, 0.717) is 40.7 Å². The largest absolute Gasteiger partial charge is 0.458 e. The summed E-state index contributed by atoms with van der Waals surface area (Å²) in [5, 5.41) is 15.3. The SMILES string of the molecule is CC[C@@]1(O)C(=O)OCc2c1cc1n(c2=O)Cc2c-1nc1cc(F)c(Cl)c3c1c2[C@H](NC(=O)C1(C(C)C)CC1)CC3. The average molecular weight is 566 g/mol. The first-order chi connectivity index (χ1) is 19.0. The first kappa shape index (κ1) is 25.7. The van der Waals surface area contributed by atoms with Crippen LogP contribution in [0.1, 0.15) is 80.3 Å². The number of esters is 1. The van der Waals surface area contributed by atoms with Crippen LogP contribution in [-0.2, 0) is 39.5 Å². The van der Waals surface area contributed by atoms with E-state index >= 15 is 0 Å². The van der Waals surface area contributed by atoms with Crippen molar-refractivity contribution in [2.24, 2.45) is 11.3 Å². The maximum absolute atomic E-state index is 15.0. The summed E-state index contributed by atoms with van der Waals surface area (Å²) in [6.07, 6.45) is 2.72. The number of hydrogen-bond donors (Lipinski definition) is 2. The Bertz CT molecular complexity index is 1740. The first-order valence-corrected chi connectivity index (χ1v) is 14.2. The molecule has 40 heavy (non-hydrogen) atoms. The number of nitrogens with one attached hydrogen (secondary N) is 1. The fraction of sp³-hybridized carbons (Fsp3) is 0.467. The van der Waals surface area contributed by atoms with E-state index in [-0.39, 0.29) is 64.6 Å². The second-order valence-electron chi connectivity index (χ2n) is 11.9. The Morgan fingerprint density at radius 2 is 2.02 bits per heavy atom. The fourth-order valence-corrected chi connectivity index (χ4v) is 7.25. The van der Waals surface area contributed by atoms with Crippen LogP contribution in [0.15, 0.2) is 16.9 Å². The maximum atomic E-state index is 15.0. The number of cyclic esters (lactones) is 1. The lowest BCUT2D eigenvalue weighted by Crippen LogP contribution is -2.44. The topological polar surface area (TPSA) is 111 Å². The molecule has 2 N–H and O–H groups in total. The molecule has 4 heterocycles. The van der Waals surface area contributed by atoms with Crippen molar-refractivity contribution in [2.75, 3.05) is 0 Å². The van der Waals surface area contributed by atoms with Gasteiger partial charge in [-0.3, -0.25) is 9.59 Å². The second kappa shape index (κ2) is 8.36. The van der Waals surface area contributed by atoms with Crippen LogP contribution in [0.4, 0.5) is 4.39 Å². The summed E-state index contributed by atoms with van der Waals surface area (Å²) < 4.78 is 21.7. The van der Waals surface area contributed by atoms with Crippen LogP contribution < -0.4 is 10.9 Å². The summed E-state index contributed by atoms with van der Waals surface area (Å²) in [5.41, 5.74) is 1.23. The van der Waals surface area contributed by atoms with E-state index in [1.54, 1.807) is 17.6 Å². The number of rotatable bonds is 4. The maximum Gasteiger partial charge on any atom is 0.343 e. The van der Waals surface area contributed by atoms with Crippen molar-refractivity contribution in [2.45, 2.75) is 77.7 Å². The highest BCUT2D eigenvalue weighted by Crippen LogP contribution is 2.53. The molecular weight excluding hydrogens is 537 g/mol. The lowest BCUT2D eigenvalue weighted by atomic mass is 9.82. The minimum atomic E-state index is -1.95. The van der Waals surface area contributed by atoms with Crippen molar-refractivity contribution < 1.29 is 23.8 Å². The molecule has 10 heteroatoms. The van der Waals surface area contributed by atoms with Crippen LogP contribution >= 0.6 is 11.6 Å². The number of fused-ring (bicyclic) bond motifs is 5. The Morgan fingerprint density at radius 1 is 1.27 bits per heavy atom. The number of carbonyl (C=O) groups is 2. The monoisotopic (exact) mass is 565 g/mol. The van der Waals surface area contributed by atoms with E-state index in [1.165, 1.54) is 6.07 Å². The van der Waals surface area contributed by atoms with Gasteiger partial charge in [-0.2, -0.15) is 0 Å². The second-order valence-corrected chi connectivity index (χ2v) is 12.3. The van der Waals surface area contributed by atoms with Gasteiger partial charge in [-0.05, 0) is 55.2 Å². The Morgan fingerprint density at radius 3 is 2.70 bits per heavy atom. The molecule has 0 unspecified atom stereocenters. The quantitative estimate of drug-likeness (QED) is 0.355. The molecule has 1 saturated carbocycles. The number of aromatic nitrogens is 2. The van der Waals surface area contributed by atoms with Crippen LogP contribution in [0.3, 0.4) is 0 Å². The fourth-order valence-electron chi connectivity index (χ4n) is 7.00. The molecule has 1 fully saturated rings. The minimum Gasteiger partial charge on any atom is -0.458 e. The molecule has 1 aromatic carbocycles. The number of amides is 1. The smallest absolute Gasteiger partial charge is 0.343 e. The predicted molar refractivity (Wildman–Crippen MR) is 145 cm³/mol. The molecule has 0 spiro atoms. The van der Waals surface area contributed by atoms with Gasteiger partial charge >= 0.3 is 5.97 Å². The lowest BCUT2D eigenvalue weighted by molar-refractivity contribution is -0.172. The number of halogens is 2. The highest BCUT2D eigenvalue weighted by molar-refractivity contribution is 6.32. The number of aliphatic hydroxyl groups is 1. The van der Waals surface area contributed by atoms with Crippen molar-refractivity contribution >= 4 is 34.4 Å². The molecule has 2 aromatic heterocycles. The summed E-state index contributed by atoms with van der Waals surface area (Å²) in [7, 11) is 0. The standard InChI is InChI=1S/C30H29ClFN3O5/c1-4-30(39)17-9-21-25-15(11-35(21)26(36)16(17)12-40-28(30)38)23-19(34-27(37)29(7-8-29)13(2)3)6-5-14-22(23)20(33-25)10-18(32)24(14)31/h9-10,13,19,39H,4-8,11-12H2,1-3H3,(H,34,37)/t19-,30+/m1/s1.